The standard InChI is InChI=1S/C7H13NO3/c9-4-5-11-8-7(10)6-2-1-3-6/h6,9H,1-5H2,(H,8,10). The Morgan fingerprint density at radius 3 is 2.82 bits per heavy atom. The van der Waals surface area contributed by atoms with Crippen molar-refractivity contribution in [2.75, 3.05) is 13.2 Å². The van der Waals surface area contributed by atoms with Crippen LogP contribution in [0.1, 0.15) is 19.3 Å². The van der Waals surface area contributed by atoms with E-state index in [1.165, 1.54) is 0 Å². The monoisotopic (exact) mass is 159 g/mol. The number of hydrogen-bond acceptors (Lipinski definition) is 3. The van der Waals surface area contributed by atoms with E-state index < -0.39 is 0 Å². The second kappa shape index (κ2) is 4.31. The van der Waals surface area contributed by atoms with Crippen LogP contribution in [0.4, 0.5) is 0 Å². The molecule has 0 aromatic heterocycles. The Morgan fingerprint density at radius 1 is 1.64 bits per heavy atom. The number of hydrogen-bond donors (Lipinski definition) is 2. The first kappa shape index (κ1) is 8.49. The lowest BCUT2D eigenvalue weighted by molar-refractivity contribution is -0.141. The Hall–Kier alpha value is -0.610. The van der Waals surface area contributed by atoms with Gasteiger partial charge in [0, 0.05) is 5.92 Å². The number of rotatable bonds is 4. The van der Waals surface area contributed by atoms with E-state index in [4.69, 9.17) is 5.11 Å². The molecule has 0 spiro atoms. The zero-order valence-electron chi connectivity index (χ0n) is 6.38. The molecule has 0 aromatic carbocycles. The SMILES string of the molecule is O=C(NOCCO)C1CCC1. The summed E-state index contributed by atoms with van der Waals surface area (Å²) in [6.07, 6.45) is 3.07. The van der Waals surface area contributed by atoms with E-state index in [0.29, 0.717) is 0 Å². The lowest BCUT2D eigenvalue weighted by Gasteiger charge is -2.23. The zero-order valence-corrected chi connectivity index (χ0v) is 6.38. The molecule has 1 aliphatic rings. The van der Waals surface area contributed by atoms with Gasteiger partial charge in [0.15, 0.2) is 0 Å². The van der Waals surface area contributed by atoms with Crippen LogP contribution in [0.3, 0.4) is 0 Å². The predicted octanol–water partition coefficient (Wildman–Crippen LogP) is -0.173. The molecule has 0 aliphatic heterocycles. The molecule has 1 aliphatic carbocycles. The van der Waals surface area contributed by atoms with Crippen LogP contribution in [0.5, 0.6) is 0 Å². The van der Waals surface area contributed by atoms with Crippen molar-refractivity contribution in [1.82, 2.24) is 5.48 Å². The van der Waals surface area contributed by atoms with E-state index in [2.05, 4.69) is 10.3 Å². The maximum Gasteiger partial charge on any atom is 0.246 e. The molecule has 4 nitrogen and oxygen atoms in total. The number of aliphatic hydroxyl groups is 1. The smallest absolute Gasteiger partial charge is 0.246 e. The summed E-state index contributed by atoms with van der Waals surface area (Å²) in [5.41, 5.74) is 2.29. The Balaban J connectivity index is 2.01. The fraction of sp³-hybridized carbons (Fsp3) is 0.857. The van der Waals surface area contributed by atoms with Crippen molar-refractivity contribution >= 4 is 5.91 Å². The molecule has 0 heterocycles. The van der Waals surface area contributed by atoms with Crippen LogP contribution in [-0.4, -0.2) is 24.2 Å². The highest BCUT2D eigenvalue weighted by Crippen LogP contribution is 2.25. The van der Waals surface area contributed by atoms with Crippen LogP contribution in [-0.2, 0) is 9.63 Å². The minimum atomic E-state index is -0.0645. The Kier molecular flexibility index (Phi) is 3.32. The molecule has 2 N–H and O–H groups in total. The summed E-state index contributed by atoms with van der Waals surface area (Å²) in [4.78, 5) is 15.6. The van der Waals surface area contributed by atoms with Crippen LogP contribution < -0.4 is 5.48 Å². The van der Waals surface area contributed by atoms with E-state index in [1.54, 1.807) is 0 Å². The molecular weight excluding hydrogens is 146 g/mol. The minimum Gasteiger partial charge on any atom is -0.394 e. The van der Waals surface area contributed by atoms with Gasteiger partial charge in [0.2, 0.25) is 5.91 Å². The molecule has 1 amide bonds. The van der Waals surface area contributed by atoms with Gasteiger partial charge >= 0.3 is 0 Å². The van der Waals surface area contributed by atoms with Gasteiger partial charge in [-0.15, -0.1) is 0 Å². The summed E-state index contributed by atoms with van der Waals surface area (Å²) in [6.45, 7) is 0.101. The second-order valence-corrected chi connectivity index (χ2v) is 2.67. The summed E-state index contributed by atoms with van der Waals surface area (Å²) in [6, 6.07) is 0. The van der Waals surface area contributed by atoms with Crippen molar-refractivity contribution in [3.63, 3.8) is 0 Å². The first-order chi connectivity index (χ1) is 5.34. The number of aliphatic hydroxyl groups excluding tert-OH is 1. The van der Waals surface area contributed by atoms with Gasteiger partial charge in [-0.2, -0.15) is 0 Å². The molecule has 64 valence electrons. The molecule has 0 atom stereocenters. The second-order valence-electron chi connectivity index (χ2n) is 2.67. The van der Waals surface area contributed by atoms with Crippen molar-refractivity contribution in [3.05, 3.63) is 0 Å². The summed E-state index contributed by atoms with van der Waals surface area (Å²) < 4.78 is 0. The van der Waals surface area contributed by atoms with Crippen LogP contribution in [0.15, 0.2) is 0 Å². The highest BCUT2D eigenvalue weighted by Gasteiger charge is 2.24. The van der Waals surface area contributed by atoms with E-state index in [1.807, 2.05) is 0 Å². The van der Waals surface area contributed by atoms with E-state index >= 15 is 0 Å². The van der Waals surface area contributed by atoms with E-state index in [0.717, 1.165) is 19.3 Å². The fourth-order valence-electron chi connectivity index (χ4n) is 0.922. The Morgan fingerprint density at radius 2 is 2.36 bits per heavy atom. The molecule has 0 radical (unpaired) electrons. The lowest BCUT2D eigenvalue weighted by Crippen LogP contribution is -2.34. The van der Waals surface area contributed by atoms with Crippen molar-refractivity contribution in [2.45, 2.75) is 19.3 Å². The topological polar surface area (TPSA) is 58.6 Å². The van der Waals surface area contributed by atoms with Gasteiger partial charge in [0.05, 0.1) is 13.2 Å². The predicted molar refractivity (Wildman–Crippen MR) is 38.5 cm³/mol. The molecule has 1 saturated carbocycles. The van der Waals surface area contributed by atoms with Crippen LogP contribution in [0.25, 0.3) is 0 Å². The molecule has 0 unspecified atom stereocenters. The third-order valence-corrected chi connectivity index (χ3v) is 1.84. The van der Waals surface area contributed by atoms with Gasteiger partial charge in [-0.05, 0) is 12.8 Å². The largest absolute Gasteiger partial charge is 0.394 e. The first-order valence-electron chi connectivity index (χ1n) is 3.87. The average Bonchev–Trinajstić information content (AvgIpc) is 1.84. The third kappa shape index (κ3) is 2.48. The molecule has 11 heavy (non-hydrogen) atoms. The van der Waals surface area contributed by atoms with Crippen molar-refractivity contribution in [2.24, 2.45) is 5.92 Å². The van der Waals surface area contributed by atoms with Gasteiger partial charge in [0.25, 0.3) is 0 Å². The van der Waals surface area contributed by atoms with Crippen molar-refractivity contribution in [3.8, 4) is 0 Å². The molecule has 0 bridgehead atoms. The zero-order chi connectivity index (χ0) is 8.10. The normalized spacial score (nSPS) is 17.5. The fourth-order valence-corrected chi connectivity index (χ4v) is 0.922. The first-order valence-corrected chi connectivity index (χ1v) is 3.87. The van der Waals surface area contributed by atoms with Gasteiger partial charge in [0.1, 0.15) is 0 Å². The molecule has 0 aromatic rings. The van der Waals surface area contributed by atoms with Crippen LogP contribution in [0.2, 0.25) is 0 Å². The third-order valence-electron chi connectivity index (χ3n) is 1.84. The van der Waals surface area contributed by atoms with Gasteiger partial charge in [-0.25, -0.2) is 5.48 Å². The highest BCUT2D eigenvalue weighted by atomic mass is 16.7. The molecule has 1 rings (SSSR count). The molecular formula is C7H13NO3. The highest BCUT2D eigenvalue weighted by molar-refractivity contribution is 5.78. The number of hydroxylamine groups is 1. The summed E-state index contributed by atoms with van der Waals surface area (Å²) in [5, 5.41) is 8.31. The Labute approximate surface area is 65.5 Å². The van der Waals surface area contributed by atoms with Gasteiger partial charge < -0.3 is 5.11 Å². The van der Waals surface area contributed by atoms with Crippen molar-refractivity contribution < 1.29 is 14.7 Å². The summed E-state index contributed by atoms with van der Waals surface area (Å²) >= 11 is 0. The maximum absolute atomic E-state index is 11.0. The maximum atomic E-state index is 11.0. The van der Waals surface area contributed by atoms with Crippen LogP contribution >= 0.6 is 0 Å². The quantitative estimate of drug-likeness (QED) is 0.442. The Bertz CT molecular complexity index is 134. The number of amides is 1. The average molecular weight is 159 g/mol. The number of carbonyl (C=O) groups is 1. The molecule has 4 heteroatoms. The lowest BCUT2D eigenvalue weighted by atomic mass is 9.85. The van der Waals surface area contributed by atoms with Gasteiger partial charge in [-0.1, -0.05) is 6.42 Å². The van der Waals surface area contributed by atoms with E-state index in [-0.39, 0.29) is 25.0 Å². The number of carbonyl (C=O) groups excluding carboxylic acids is 1. The van der Waals surface area contributed by atoms with Crippen molar-refractivity contribution in [1.29, 1.82) is 0 Å². The summed E-state index contributed by atoms with van der Waals surface area (Å²) in [7, 11) is 0. The molecule has 1 fully saturated rings. The van der Waals surface area contributed by atoms with E-state index in [9.17, 15) is 4.79 Å². The summed E-state index contributed by atoms with van der Waals surface area (Å²) in [5.74, 6) is 0.0957. The van der Waals surface area contributed by atoms with Crippen LogP contribution in [0, 0.1) is 5.92 Å². The number of nitrogens with one attached hydrogen (secondary N) is 1. The van der Waals surface area contributed by atoms with Gasteiger partial charge in [-0.3, -0.25) is 9.63 Å². The minimum absolute atomic E-state index is 0.0512. The molecule has 0 saturated heterocycles.